The number of Topliss-reactive ketones (excluding diaryl/α,β-unsaturated/α-hetero) is 1. The number of rotatable bonds is 1. The Labute approximate surface area is 81.3 Å². The number of hydrogen-bond acceptors (Lipinski definition) is 3. The molecule has 0 aromatic carbocycles. The average Bonchev–Trinajstić information content (AvgIpc) is 2.18. The minimum Gasteiger partial charge on any atom is -0.480 e. The molecule has 1 atom stereocenters. The second kappa shape index (κ2) is 3.36. The quantitative estimate of drug-likeness (QED) is 0.635. The van der Waals surface area contributed by atoms with Crippen LogP contribution in [0.15, 0.2) is 16.3 Å². The Hall–Kier alpha value is -1.45. The summed E-state index contributed by atoms with van der Waals surface area (Å²) in [6.45, 7) is 0. The van der Waals surface area contributed by atoms with Crippen LogP contribution in [0.2, 0.25) is 0 Å². The van der Waals surface area contributed by atoms with Gasteiger partial charge in [0.2, 0.25) is 0 Å². The van der Waals surface area contributed by atoms with Gasteiger partial charge < -0.3 is 5.11 Å². The van der Waals surface area contributed by atoms with Crippen LogP contribution in [0.1, 0.15) is 25.7 Å². The summed E-state index contributed by atoms with van der Waals surface area (Å²) in [4.78, 5) is 26.4. The van der Waals surface area contributed by atoms with E-state index in [0.29, 0.717) is 12.0 Å². The fourth-order valence-corrected chi connectivity index (χ4v) is 1.89. The van der Waals surface area contributed by atoms with Crippen molar-refractivity contribution in [3.63, 3.8) is 0 Å². The van der Waals surface area contributed by atoms with Crippen LogP contribution in [0.3, 0.4) is 0 Å². The summed E-state index contributed by atoms with van der Waals surface area (Å²) in [5, 5.41) is 8.76. The summed E-state index contributed by atoms with van der Waals surface area (Å²) < 4.78 is 0. The zero-order valence-electron chi connectivity index (χ0n) is 7.69. The summed E-state index contributed by atoms with van der Waals surface area (Å²) in [5.74, 6) is -2.41. The molecule has 2 aliphatic rings. The first kappa shape index (κ1) is 9.12. The number of carboxylic acids is 1. The minimum absolute atomic E-state index is 0.262. The van der Waals surface area contributed by atoms with Gasteiger partial charge in [0.05, 0.1) is 0 Å². The third-order valence-electron chi connectivity index (χ3n) is 2.66. The van der Waals surface area contributed by atoms with Gasteiger partial charge in [0, 0.05) is 17.5 Å². The van der Waals surface area contributed by atoms with Gasteiger partial charge in [0.15, 0.2) is 11.7 Å². The summed E-state index contributed by atoms with van der Waals surface area (Å²) in [6, 6.07) is 0. The summed E-state index contributed by atoms with van der Waals surface area (Å²) in [5.41, 5.74) is 1.45. The summed E-state index contributed by atoms with van der Waals surface area (Å²) in [6.07, 6.45) is 4.77. The number of carbonyl (C=O) groups is 2. The van der Waals surface area contributed by atoms with Crippen molar-refractivity contribution < 1.29 is 14.7 Å². The first-order chi connectivity index (χ1) is 6.70. The molecule has 0 saturated heterocycles. The van der Waals surface area contributed by atoms with Crippen molar-refractivity contribution in [1.82, 2.24) is 0 Å². The van der Waals surface area contributed by atoms with Gasteiger partial charge >= 0.3 is 5.97 Å². The maximum absolute atomic E-state index is 11.7. The fraction of sp³-hybridized carbons (Fsp3) is 0.500. The Morgan fingerprint density at radius 1 is 1.43 bits per heavy atom. The van der Waals surface area contributed by atoms with Gasteiger partial charge in [-0.05, 0) is 25.7 Å². The molecule has 2 rings (SSSR count). The maximum atomic E-state index is 11.7. The van der Waals surface area contributed by atoms with Gasteiger partial charge in [-0.2, -0.15) is 0 Å². The topological polar surface area (TPSA) is 66.7 Å². The average molecular weight is 193 g/mol. The molecule has 74 valence electrons. The number of nitrogens with zero attached hydrogens (tertiary/aromatic N) is 1. The second-order valence-corrected chi connectivity index (χ2v) is 3.59. The molecule has 0 fully saturated rings. The van der Waals surface area contributed by atoms with Crippen LogP contribution < -0.4 is 0 Å². The highest BCUT2D eigenvalue weighted by Gasteiger charge is 2.32. The van der Waals surface area contributed by atoms with Gasteiger partial charge in [-0.3, -0.25) is 14.6 Å². The Kier molecular flexibility index (Phi) is 2.19. The predicted octanol–water partition coefficient (Wildman–Crippen LogP) is 1.17. The normalized spacial score (nSPS) is 26.3. The van der Waals surface area contributed by atoms with E-state index in [4.69, 9.17) is 5.11 Å². The molecule has 1 aliphatic heterocycles. The van der Waals surface area contributed by atoms with Crippen LogP contribution in [-0.2, 0) is 9.59 Å². The van der Waals surface area contributed by atoms with Crippen LogP contribution in [0.25, 0.3) is 0 Å². The molecular weight excluding hydrogens is 182 g/mol. The lowest BCUT2D eigenvalue weighted by Crippen LogP contribution is -2.30. The molecule has 4 heteroatoms. The van der Waals surface area contributed by atoms with Gasteiger partial charge in [0.25, 0.3) is 0 Å². The fourth-order valence-electron chi connectivity index (χ4n) is 1.89. The Morgan fingerprint density at radius 2 is 2.14 bits per heavy atom. The molecule has 0 aromatic rings. The lowest BCUT2D eigenvalue weighted by Gasteiger charge is -2.21. The first-order valence-electron chi connectivity index (χ1n) is 4.73. The predicted molar refractivity (Wildman–Crippen MR) is 50.1 cm³/mol. The molecule has 1 unspecified atom stereocenters. The van der Waals surface area contributed by atoms with Crippen LogP contribution in [0, 0.1) is 5.92 Å². The lowest BCUT2D eigenvalue weighted by atomic mass is 9.86. The molecule has 0 amide bonds. The maximum Gasteiger partial charge on any atom is 0.319 e. The van der Waals surface area contributed by atoms with E-state index in [-0.39, 0.29) is 5.78 Å². The summed E-state index contributed by atoms with van der Waals surface area (Å²) >= 11 is 0. The second-order valence-electron chi connectivity index (χ2n) is 3.59. The van der Waals surface area contributed by atoms with Gasteiger partial charge in [-0.25, -0.2) is 0 Å². The van der Waals surface area contributed by atoms with Crippen molar-refractivity contribution in [3.8, 4) is 0 Å². The van der Waals surface area contributed by atoms with E-state index in [1.165, 1.54) is 6.21 Å². The third kappa shape index (κ3) is 1.36. The molecule has 1 heterocycles. The highest BCUT2D eigenvalue weighted by atomic mass is 16.4. The minimum atomic E-state index is -1.10. The zero-order valence-corrected chi connectivity index (χ0v) is 7.69. The number of allylic oxidation sites excluding steroid dienone is 2. The SMILES string of the molecule is O=C(O)C1C=NC2=C(CCCC2)C1=O. The monoisotopic (exact) mass is 193 g/mol. The van der Waals surface area contributed by atoms with Crippen LogP contribution in [0.5, 0.6) is 0 Å². The molecular formula is C10H11NO3. The van der Waals surface area contributed by atoms with E-state index in [2.05, 4.69) is 4.99 Å². The number of ketones is 1. The third-order valence-corrected chi connectivity index (χ3v) is 2.66. The molecule has 14 heavy (non-hydrogen) atoms. The number of carbonyl (C=O) groups excluding carboxylic acids is 1. The smallest absolute Gasteiger partial charge is 0.319 e. The van der Waals surface area contributed by atoms with E-state index in [9.17, 15) is 9.59 Å². The largest absolute Gasteiger partial charge is 0.480 e. The number of hydrogen-bond donors (Lipinski definition) is 1. The van der Waals surface area contributed by atoms with Gasteiger partial charge in [-0.1, -0.05) is 0 Å². The van der Waals surface area contributed by atoms with Crippen molar-refractivity contribution in [2.45, 2.75) is 25.7 Å². The van der Waals surface area contributed by atoms with Crippen LogP contribution in [-0.4, -0.2) is 23.1 Å². The Balaban J connectivity index is 2.31. The van der Waals surface area contributed by atoms with E-state index in [0.717, 1.165) is 25.0 Å². The molecule has 1 aliphatic carbocycles. The zero-order chi connectivity index (χ0) is 10.1. The van der Waals surface area contributed by atoms with E-state index < -0.39 is 11.9 Å². The Morgan fingerprint density at radius 3 is 2.86 bits per heavy atom. The van der Waals surface area contributed by atoms with E-state index in [1.54, 1.807) is 0 Å². The van der Waals surface area contributed by atoms with E-state index >= 15 is 0 Å². The van der Waals surface area contributed by atoms with Crippen molar-refractivity contribution in [2.24, 2.45) is 10.9 Å². The molecule has 4 nitrogen and oxygen atoms in total. The van der Waals surface area contributed by atoms with Crippen molar-refractivity contribution in [2.75, 3.05) is 0 Å². The highest BCUT2D eigenvalue weighted by Crippen LogP contribution is 2.30. The summed E-state index contributed by atoms with van der Waals surface area (Å²) in [7, 11) is 0. The molecule has 1 N–H and O–H groups in total. The molecule has 0 spiro atoms. The molecule has 0 radical (unpaired) electrons. The van der Waals surface area contributed by atoms with Crippen LogP contribution in [0.4, 0.5) is 0 Å². The van der Waals surface area contributed by atoms with Crippen molar-refractivity contribution >= 4 is 18.0 Å². The van der Waals surface area contributed by atoms with Gasteiger partial charge in [-0.15, -0.1) is 0 Å². The lowest BCUT2D eigenvalue weighted by molar-refractivity contribution is -0.142. The molecule has 0 saturated carbocycles. The van der Waals surface area contributed by atoms with Crippen molar-refractivity contribution in [1.29, 1.82) is 0 Å². The highest BCUT2D eigenvalue weighted by molar-refractivity contribution is 6.19. The Bertz CT molecular complexity index is 354. The number of aliphatic carboxylic acids is 1. The first-order valence-corrected chi connectivity index (χ1v) is 4.73. The van der Waals surface area contributed by atoms with Gasteiger partial charge in [0.1, 0.15) is 0 Å². The number of aliphatic imine (C=N–C) groups is 1. The standard InChI is InChI=1S/C10H11NO3/c12-9-6-3-1-2-4-8(6)11-5-7(9)10(13)14/h5,7H,1-4H2,(H,13,14). The molecule has 0 bridgehead atoms. The van der Waals surface area contributed by atoms with Crippen LogP contribution >= 0.6 is 0 Å². The van der Waals surface area contributed by atoms with E-state index in [1.807, 2.05) is 0 Å². The molecule has 0 aromatic heterocycles. The van der Waals surface area contributed by atoms with Crippen molar-refractivity contribution in [3.05, 3.63) is 11.3 Å². The number of carboxylic acid groups (broad SMARTS) is 1.